The lowest BCUT2D eigenvalue weighted by atomic mass is 10.2. The largest absolute Gasteiger partial charge is 0.326 e. The first-order valence-corrected chi connectivity index (χ1v) is 7.40. The zero-order chi connectivity index (χ0) is 14.7. The van der Waals surface area contributed by atoms with Crippen molar-refractivity contribution in [2.24, 2.45) is 0 Å². The van der Waals surface area contributed by atoms with Crippen LogP contribution in [0.15, 0.2) is 36.7 Å². The molecule has 5 nitrogen and oxygen atoms in total. The van der Waals surface area contributed by atoms with Crippen molar-refractivity contribution in [3.8, 4) is 0 Å². The van der Waals surface area contributed by atoms with Crippen LogP contribution in [0.5, 0.6) is 0 Å². The minimum absolute atomic E-state index is 0.0698. The summed E-state index contributed by atoms with van der Waals surface area (Å²) in [5.74, 6) is 0.793. The number of amides is 1. The van der Waals surface area contributed by atoms with Crippen molar-refractivity contribution >= 4 is 23.2 Å². The summed E-state index contributed by atoms with van der Waals surface area (Å²) in [6.45, 7) is 1.51. The second-order valence-electron chi connectivity index (χ2n) is 5.48. The lowest BCUT2D eigenvalue weighted by Crippen LogP contribution is -2.08. The van der Waals surface area contributed by atoms with Crippen molar-refractivity contribution < 1.29 is 4.79 Å². The Morgan fingerprint density at radius 3 is 2.81 bits per heavy atom. The zero-order valence-corrected chi connectivity index (χ0v) is 12.2. The van der Waals surface area contributed by atoms with E-state index >= 15 is 0 Å². The molecular weight excluding hydrogens is 264 g/mol. The zero-order valence-electron chi connectivity index (χ0n) is 12.2. The number of aromatic nitrogens is 2. The van der Waals surface area contributed by atoms with E-state index in [0.717, 1.165) is 17.3 Å². The lowest BCUT2D eigenvalue weighted by molar-refractivity contribution is -0.114. The van der Waals surface area contributed by atoms with Gasteiger partial charge in [0.15, 0.2) is 0 Å². The Bertz CT molecular complexity index is 629. The van der Waals surface area contributed by atoms with E-state index in [-0.39, 0.29) is 5.91 Å². The van der Waals surface area contributed by atoms with Crippen molar-refractivity contribution in [3.05, 3.63) is 36.7 Å². The Balaban J connectivity index is 1.77. The highest BCUT2D eigenvalue weighted by Gasteiger charge is 2.19. The first-order valence-electron chi connectivity index (χ1n) is 7.40. The molecule has 21 heavy (non-hydrogen) atoms. The van der Waals surface area contributed by atoms with Gasteiger partial charge in [0, 0.05) is 36.7 Å². The molecule has 2 N–H and O–H groups in total. The van der Waals surface area contributed by atoms with Crippen molar-refractivity contribution in [1.82, 2.24) is 9.55 Å². The molecule has 0 spiro atoms. The molecule has 0 bridgehead atoms. The number of hydrogen-bond acceptors (Lipinski definition) is 3. The number of anilines is 3. The number of imidazole rings is 1. The molecule has 1 aromatic carbocycles. The molecule has 0 atom stereocenters. The first kappa shape index (κ1) is 13.7. The third-order valence-corrected chi connectivity index (χ3v) is 3.83. The fraction of sp³-hybridized carbons (Fsp3) is 0.375. The number of nitrogens with zero attached hydrogens (tertiary/aromatic N) is 2. The van der Waals surface area contributed by atoms with Gasteiger partial charge in [-0.1, -0.05) is 18.9 Å². The smallest absolute Gasteiger partial charge is 0.221 e. The fourth-order valence-corrected chi connectivity index (χ4v) is 2.89. The minimum Gasteiger partial charge on any atom is -0.326 e. The molecule has 0 unspecified atom stereocenters. The molecule has 0 saturated heterocycles. The lowest BCUT2D eigenvalue weighted by Gasteiger charge is -2.16. The summed E-state index contributed by atoms with van der Waals surface area (Å²) < 4.78 is 2.22. The van der Waals surface area contributed by atoms with Crippen molar-refractivity contribution in [2.75, 3.05) is 10.6 Å². The highest BCUT2D eigenvalue weighted by atomic mass is 16.1. The average Bonchev–Trinajstić information content (AvgIpc) is 3.08. The van der Waals surface area contributed by atoms with Gasteiger partial charge >= 0.3 is 0 Å². The van der Waals surface area contributed by atoms with Gasteiger partial charge in [-0.25, -0.2) is 4.98 Å². The minimum atomic E-state index is -0.0698. The number of rotatable bonds is 4. The fourth-order valence-electron chi connectivity index (χ4n) is 2.89. The van der Waals surface area contributed by atoms with E-state index in [1.54, 1.807) is 0 Å². The van der Waals surface area contributed by atoms with Crippen LogP contribution in [0.2, 0.25) is 0 Å². The number of benzene rings is 1. The first-order chi connectivity index (χ1) is 10.2. The van der Waals surface area contributed by atoms with Crippen LogP contribution in [0.25, 0.3) is 0 Å². The highest BCUT2D eigenvalue weighted by Crippen LogP contribution is 2.32. The van der Waals surface area contributed by atoms with Gasteiger partial charge in [0.25, 0.3) is 0 Å². The molecule has 1 fully saturated rings. The molecule has 1 aliphatic rings. The van der Waals surface area contributed by atoms with E-state index < -0.39 is 0 Å². The Labute approximate surface area is 124 Å². The van der Waals surface area contributed by atoms with Gasteiger partial charge in [0.1, 0.15) is 0 Å². The Kier molecular flexibility index (Phi) is 3.90. The standard InChI is InChI=1S/C16H20N4O/c1-12(21)18-13-5-4-6-14(11-13)19-16-17-9-10-20(16)15-7-2-3-8-15/h4-6,9-11,15H,2-3,7-8H2,1H3,(H,17,19)(H,18,21). The number of nitrogens with one attached hydrogen (secondary N) is 2. The molecule has 0 aliphatic heterocycles. The van der Waals surface area contributed by atoms with Crippen LogP contribution in [0.4, 0.5) is 17.3 Å². The van der Waals surface area contributed by atoms with Crippen molar-refractivity contribution in [1.29, 1.82) is 0 Å². The molecule has 2 aromatic rings. The van der Waals surface area contributed by atoms with Gasteiger partial charge in [-0.15, -0.1) is 0 Å². The summed E-state index contributed by atoms with van der Waals surface area (Å²) in [7, 11) is 0. The summed E-state index contributed by atoms with van der Waals surface area (Å²) >= 11 is 0. The predicted octanol–water partition coefficient (Wildman–Crippen LogP) is 3.70. The van der Waals surface area contributed by atoms with Crippen LogP contribution in [0.1, 0.15) is 38.6 Å². The number of carbonyl (C=O) groups excluding carboxylic acids is 1. The quantitative estimate of drug-likeness (QED) is 0.900. The molecule has 1 saturated carbocycles. The summed E-state index contributed by atoms with van der Waals surface area (Å²) in [5, 5.41) is 6.13. The maximum Gasteiger partial charge on any atom is 0.221 e. The molecule has 1 amide bonds. The van der Waals surface area contributed by atoms with Crippen LogP contribution in [0.3, 0.4) is 0 Å². The Hall–Kier alpha value is -2.30. The SMILES string of the molecule is CC(=O)Nc1cccc(Nc2nccn2C2CCCC2)c1. The number of hydrogen-bond donors (Lipinski definition) is 2. The Morgan fingerprint density at radius 1 is 1.29 bits per heavy atom. The van der Waals surface area contributed by atoms with Gasteiger partial charge in [-0.3, -0.25) is 4.79 Å². The van der Waals surface area contributed by atoms with E-state index in [9.17, 15) is 4.79 Å². The molecule has 0 radical (unpaired) electrons. The van der Waals surface area contributed by atoms with Crippen molar-refractivity contribution in [3.63, 3.8) is 0 Å². The van der Waals surface area contributed by atoms with Crippen LogP contribution in [0, 0.1) is 0 Å². The van der Waals surface area contributed by atoms with Crippen molar-refractivity contribution in [2.45, 2.75) is 38.6 Å². The van der Waals surface area contributed by atoms with E-state index in [4.69, 9.17) is 0 Å². The molecule has 1 aromatic heterocycles. The molecule has 1 heterocycles. The van der Waals surface area contributed by atoms with Crippen LogP contribution >= 0.6 is 0 Å². The third-order valence-electron chi connectivity index (χ3n) is 3.83. The molecule has 3 rings (SSSR count). The van der Waals surface area contributed by atoms with E-state index in [1.807, 2.05) is 36.7 Å². The van der Waals surface area contributed by atoms with E-state index in [0.29, 0.717) is 6.04 Å². The third kappa shape index (κ3) is 3.24. The predicted molar refractivity (Wildman–Crippen MR) is 83.8 cm³/mol. The summed E-state index contributed by atoms with van der Waals surface area (Å²) in [6, 6.07) is 8.22. The molecule has 1 aliphatic carbocycles. The average molecular weight is 284 g/mol. The van der Waals surface area contributed by atoms with E-state index in [2.05, 4.69) is 20.2 Å². The summed E-state index contributed by atoms with van der Waals surface area (Å²) in [4.78, 5) is 15.5. The van der Waals surface area contributed by atoms with Gasteiger partial charge in [0.2, 0.25) is 11.9 Å². The summed E-state index contributed by atoms with van der Waals surface area (Å²) in [6.07, 6.45) is 8.89. The topological polar surface area (TPSA) is 59.0 Å². The molecule has 5 heteroatoms. The second kappa shape index (κ2) is 5.99. The second-order valence-corrected chi connectivity index (χ2v) is 5.48. The van der Waals surface area contributed by atoms with E-state index in [1.165, 1.54) is 32.6 Å². The monoisotopic (exact) mass is 284 g/mol. The van der Waals surface area contributed by atoms with Gasteiger partial charge in [0.05, 0.1) is 0 Å². The number of carbonyl (C=O) groups is 1. The normalized spacial score (nSPS) is 15.1. The maximum atomic E-state index is 11.1. The molecule has 110 valence electrons. The van der Waals surface area contributed by atoms with Crippen LogP contribution in [-0.4, -0.2) is 15.5 Å². The van der Waals surface area contributed by atoms with Crippen LogP contribution in [-0.2, 0) is 4.79 Å². The molecular formula is C16H20N4O. The van der Waals surface area contributed by atoms with Gasteiger partial charge in [-0.05, 0) is 31.0 Å². The van der Waals surface area contributed by atoms with Gasteiger partial charge < -0.3 is 15.2 Å². The maximum absolute atomic E-state index is 11.1. The van der Waals surface area contributed by atoms with Crippen LogP contribution < -0.4 is 10.6 Å². The highest BCUT2D eigenvalue weighted by molar-refractivity contribution is 5.89. The Morgan fingerprint density at radius 2 is 2.05 bits per heavy atom. The summed E-state index contributed by atoms with van der Waals surface area (Å²) in [5.41, 5.74) is 1.71. The van der Waals surface area contributed by atoms with Gasteiger partial charge in [-0.2, -0.15) is 0 Å².